The van der Waals surface area contributed by atoms with E-state index in [-0.39, 0.29) is 0 Å². The largest absolute Gasteiger partial charge is 0.350 e. The maximum atomic E-state index is 3.48. The van der Waals surface area contributed by atoms with Gasteiger partial charge >= 0.3 is 0 Å². The predicted octanol–water partition coefficient (Wildman–Crippen LogP) is 3.70. The Balaban J connectivity index is 1.91. The fourth-order valence-electron chi connectivity index (χ4n) is 3.75. The van der Waals surface area contributed by atoms with Gasteiger partial charge in [0.25, 0.3) is 0 Å². The number of nitrogens with one attached hydrogen (secondary N) is 1. The van der Waals surface area contributed by atoms with Gasteiger partial charge in [-0.25, -0.2) is 0 Å². The highest BCUT2D eigenvalue weighted by Crippen LogP contribution is 2.33. The van der Waals surface area contributed by atoms with Gasteiger partial charge in [0.1, 0.15) is 0 Å². The number of fused-ring (bicyclic) bond motifs is 1. The van der Waals surface area contributed by atoms with Gasteiger partial charge in [0.15, 0.2) is 0 Å². The summed E-state index contributed by atoms with van der Waals surface area (Å²) in [6.07, 6.45) is 7.61. The summed E-state index contributed by atoms with van der Waals surface area (Å²) in [6.45, 7) is 6.86. The van der Waals surface area contributed by atoms with E-state index in [0.29, 0.717) is 6.04 Å². The van der Waals surface area contributed by atoms with Crippen LogP contribution in [0.2, 0.25) is 0 Å². The standard InChI is InChI=1S/C19H29N3/c1-3-4-5-10-19(22-13-11-20-12-14-22)17-15-21(2)18-9-7-6-8-16(17)18/h6-9,15,19-20H,3-5,10-14H2,1-2H3/t19-/m0/s1. The van der Waals surface area contributed by atoms with Crippen molar-refractivity contribution in [3.05, 3.63) is 36.0 Å². The van der Waals surface area contributed by atoms with Gasteiger partial charge in [-0.15, -0.1) is 0 Å². The molecule has 3 rings (SSSR count). The van der Waals surface area contributed by atoms with E-state index >= 15 is 0 Å². The molecule has 1 atom stereocenters. The molecule has 0 radical (unpaired) electrons. The van der Waals surface area contributed by atoms with Crippen molar-refractivity contribution in [2.24, 2.45) is 7.05 Å². The molecule has 0 amide bonds. The van der Waals surface area contributed by atoms with E-state index in [9.17, 15) is 0 Å². The quantitative estimate of drug-likeness (QED) is 0.821. The van der Waals surface area contributed by atoms with Crippen molar-refractivity contribution in [3.63, 3.8) is 0 Å². The highest BCUT2D eigenvalue weighted by Gasteiger charge is 2.24. The molecular formula is C19H29N3. The maximum Gasteiger partial charge on any atom is 0.0481 e. The first-order valence-corrected chi connectivity index (χ1v) is 8.80. The van der Waals surface area contributed by atoms with Gasteiger partial charge in [0, 0.05) is 56.4 Å². The number of unbranched alkanes of at least 4 members (excludes halogenated alkanes) is 2. The predicted molar refractivity (Wildman–Crippen MR) is 94.2 cm³/mol. The lowest BCUT2D eigenvalue weighted by Crippen LogP contribution is -2.45. The highest BCUT2D eigenvalue weighted by atomic mass is 15.2. The molecule has 1 aromatic carbocycles. The minimum Gasteiger partial charge on any atom is -0.350 e. The van der Waals surface area contributed by atoms with Crippen LogP contribution in [-0.2, 0) is 7.05 Å². The Morgan fingerprint density at radius 1 is 1.14 bits per heavy atom. The molecule has 0 aliphatic carbocycles. The van der Waals surface area contributed by atoms with Crippen molar-refractivity contribution >= 4 is 10.9 Å². The summed E-state index contributed by atoms with van der Waals surface area (Å²) in [5.41, 5.74) is 2.88. The molecule has 1 fully saturated rings. The zero-order valence-electron chi connectivity index (χ0n) is 14.0. The molecule has 1 saturated heterocycles. The van der Waals surface area contributed by atoms with Crippen molar-refractivity contribution < 1.29 is 0 Å². The third-order valence-electron chi connectivity index (χ3n) is 4.96. The zero-order valence-corrected chi connectivity index (χ0v) is 14.0. The monoisotopic (exact) mass is 299 g/mol. The summed E-state index contributed by atoms with van der Waals surface area (Å²) in [5, 5.41) is 4.92. The van der Waals surface area contributed by atoms with Crippen LogP contribution < -0.4 is 5.32 Å². The second kappa shape index (κ2) is 7.30. The lowest BCUT2D eigenvalue weighted by Gasteiger charge is -2.35. The normalized spacial score (nSPS) is 17.9. The molecule has 1 aliphatic rings. The lowest BCUT2D eigenvalue weighted by molar-refractivity contribution is 0.163. The number of hydrogen-bond donors (Lipinski definition) is 1. The van der Waals surface area contributed by atoms with E-state index in [1.54, 1.807) is 0 Å². The minimum atomic E-state index is 0.569. The van der Waals surface area contributed by atoms with Crippen molar-refractivity contribution in [3.8, 4) is 0 Å². The summed E-state index contributed by atoms with van der Waals surface area (Å²) >= 11 is 0. The third kappa shape index (κ3) is 3.21. The fraction of sp³-hybridized carbons (Fsp3) is 0.579. The Bertz CT molecular complexity index is 596. The summed E-state index contributed by atoms with van der Waals surface area (Å²) in [5.74, 6) is 0. The van der Waals surface area contributed by atoms with E-state index in [1.165, 1.54) is 55.2 Å². The first-order chi connectivity index (χ1) is 10.8. The number of aromatic nitrogens is 1. The van der Waals surface area contributed by atoms with Crippen LogP contribution in [0.3, 0.4) is 0 Å². The molecule has 0 saturated carbocycles. The molecule has 1 aliphatic heterocycles. The topological polar surface area (TPSA) is 20.2 Å². The Kier molecular flexibility index (Phi) is 5.16. The van der Waals surface area contributed by atoms with Gasteiger partial charge in [-0.1, -0.05) is 44.4 Å². The first kappa shape index (κ1) is 15.6. The number of piperazine rings is 1. The van der Waals surface area contributed by atoms with Gasteiger partial charge in [-0.05, 0) is 18.1 Å². The van der Waals surface area contributed by atoms with Crippen molar-refractivity contribution in [2.75, 3.05) is 26.2 Å². The van der Waals surface area contributed by atoms with E-state index in [0.717, 1.165) is 13.1 Å². The highest BCUT2D eigenvalue weighted by molar-refractivity contribution is 5.84. The van der Waals surface area contributed by atoms with E-state index in [4.69, 9.17) is 0 Å². The lowest BCUT2D eigenvalue weighted by atomic mass is 9.97. The Labute approximate surface area is 134 Å². The third-order valence-corrected chi connectivity index (χ3v) is 4.96. The molecule has 22 heavy (non-hydrogen) atoms. The molecule has 0 unspecified atom stereocenters. The first-order valence-electron chi connectivity index (χ1n) is 8.80. The summed E-state index contributed by atoms with van der Waals surface area (Å²) in [7, 11) is 2.17. The van der Waals surface area contributed by atoms with Crippen LogP contribution in [0.15, 0.2) is 30.5 Å². The van der Waals surface area contributed by atoms with E-state index in [1.807, 2.05) is 0 Å². The Morgan fingerprint density at radius 2 is 1.91 bits per heavy atom. The van der Waals surface area contributed by atoms with Crippen LogP contribution in [0.4, 0.5) is 0 Å². The van der Waals surface area contributed by atoms with Crippen LogP contribution in [0, 0.1) is 0 Å². The molecule has 2 aromatic rings. The SMILES string of the molecule is CCCCC[C@@H](c1cn(C)c2ccccc12)N1CCNCC1. The molecule has 3 heteroatoms. The maximum absolute atomic E-state index is 3.48. The Hall–Kier alpha value is -1.32. The van der Waals surface area contributed by atoms with Crippen molar-refractivity contribution in [2.45, 2.75) is 38.6 Å². The second-order valence-electron chi connectivity index (χ2n) is 6.51. The number of para-hydroxylation sites is 1. The van der Waals surface area contributed by atoms with Gasteiger partial charge < -0.3 is 9.88 Å². The molecule has 1 N–H and O–H groups in total. The molecule has 0 spiro atoms. The van der Waals surface area contributed by atoms with Gasteiger partial charge in [-0.2, -0.15) is 0 Å². The molecule has 2 heterocycles. The van der Waals surface area contributed by atoms with E-state index < -0.39 is 0 Å². The van der Waals surface area contributed by atoms with Crippen molar-refractivity contribution in [1.82, 2.24) is 14.8 Å². The minimum absolute atomic E-state index is 0.569. The molecular weight excluding hydrogens is 270 g/mol. The second-order valence-corrected chi connectivity index (χ2v) is 6.51. The average molecular weight is 299 g/mol. The zero-order chi connectivity index (χ0) is 15.4. The summed E-state index contributed by atoms with van der Waals surface area (Å²) in [4.78, 5) is 2.69. The van der Waals surface area contributed by atoms with Crippen LogP contribution >= 0.6 is 0 Å². The van der Waals surface area contributed by atoms with Crippen LogP contribution in [0.1, 0.15) is 44.2 Å². The van der Waals surface area contributed by atoms with Crippen LogP contribution in [0.5, 0.6) is 0 Å². The van der Waals surface area contributed by atoms with Gasteiger partial charge in [0.2, 0.25) is 0 Å². The van der Waals surface area contributed by atoms with Crippen LogP contribution in [0.25, 0.3) is 10.9 Å². The molecule has 120 valence electrons. The summed E-state index contributed by atoms with van der Waals surface area (Å²) < 4.78 is 2.29. The fourth-order valence-corrected chi connectivity index (χ4v) is 3.75. The number of benzene rings is 1. The number of hydrogen-bond acceptors (Lipinski definition) is 2. The van der Waals surface area contributed by atoms with E-state index in [2.05, 4.69) is 59.2 Å². The Morgan fingerprint density at radius 3 is 2.68 bits per heavy atom. The average Bonchev–Trinajstić information content (AvgIpc) is 2.90. The van der Waals surface area contributed by atoms with Crippen molar-refractivity contribution in [1.29, 1.82) is 0 Å². The molecule has 1 aromatic heterocycles. The van der Waals surface area contributed by atoms with Gasteiger partial charge in [0.05, 0.1) is 0 Å². The van der Waals surface area contributed by atoms with Crippen LogP contribution in [-0.4, -0.2) is 35.6 Å². The van der Waals surface area contributed by atoms with Gasteiger partial charge in [-0.3, -0.25) is 4.90 Å². The summed E-state index contributed by atoms with van der Waals surface area (Å²) in [6, 6.07) is 9.41. The molecule has 3 nitrogen and oxygen atoms in total. The number of nitrogens with zero attached hydrogens (tertiary/aromatic N) is 2. The smallest absolute Gasteiger partial charge is 0.0481 e. The number of aryl methyl sites for hydroxylation is 1. The molecule has 0 bridgehead atoms. The number of rotatable bonds is 6.